The van der Waals surface area contributed by atoms with Gasteiger partial charge in [-0.1, -0.05) is 30.4 Å². The zero-order valence-corrected chi connectivity index (χ0v) is 11.6. The molecule has 1 aromatic rings. The second-order valence-corrected chi connectivity index (χ2v) is 5.45. The van der Waals surface area contributed by atoms with Gasteiger partial charge in [-0.25, -0.2) is 4.79 Å². The van der Waals surface area contributed by atoms with Gasteiger partial charge in [0.05, 0.1) is 4.99 Å². The molecule has 0 aromatic heterocycles. The first-order valence-electron chi connectivity index (χ1n) is 5.64. The molecule has 0 aliphatic rings. The molecule has 5 heteroatoms. The number of hydrogen-bond acceptors (Lipinski definition) is 3. The predicted molar refractivity (Wildman–Crippen MR) is 76.8 cm³/mol. The van der Waals surface area contributed by atoms with Gasteiger partial charge in [-0.15, -0.1) is 0 Å². The van der Waals surface area contributed by atoms with E-state index in [-0.39, 0.29) is 0 Å². The van der Waals surface area contributed by atoms with Crippen molar-refractivity contribution in [3.05, 3.63) is 29.8 Å². The summed E-state index contributed by atoms with van der Waals surface area (Å²) in [6.45, 7) is 5.44. The Bertz CT molecular complexity index is 453. The summed E-state index contributed by atoms with van der Waals surface area (Å²) in [5.74, 6) is 0. The van der Waals surface area contributed by atoms with Gasteiger partial charge in [-0.2, -0.15) is 0 Å². The summed E-state index contributed by atoms with van der Waals surface area (Å²) < 4.78 is 5.19. The Hall–Kier alpha value is -1.62. The molecule has 1 amide bonds. The number of carbonyl (C=O) groups excluding carboxylic acids is 1. The number of nitrogens with two attached hydrogens (primary N) is 1. The monoisotopic (exact) mass is 266 g/mol. The van der Waals surface area contributed by atoms with E-state index in [1.165, 1.54) is 0 Å². The van der Waals surface area contributed by atoms with Gasteiger partial charge in [0.25, 0.3) is 0 Å². The maximum atomic E-state index is 11.7. The number of para-hydroxylation sites is 1. The van der Waals surface area contributed by atoms with Crippen molar-refractivity contribution in [1.82, 2.24) is 0 Å². The van der Waals surface area contributed by atoms with E-state index < -0.39 is 11.7 Å². The summed E-state index contributed by atoms with van der Waals surface area (Å²) in [4.78, 5) is 12.1. The number of carbonyl (C=O) groups is 1. The number of ether oxygens (including phenoxy) is 1. The SMILES string of the molecule is CC(C)(C)OC(=O)Nc1ccccc1CC(N)=S. The topological polar surface area (TPSA) is 64.3 Å². The van der Waals surface area contributed by atoms with Crippen LogP contribution >= 0.6 is 12.2 Å². The summed E-state index contributed by atoms with van der Waals surface area (Å²) in [7, 11) is 0. The summed E-state index contributed by atoms with van der Waals surface area (Å²) in [5.41, 5.74) is 6.53. The molecule has 0 fully saturated rings. The molecular formula is C13H18N2O2S. The number of benzene rings is 1. The molecule has 98 valence electrons. The Labute approximate surface area is 113 Å². The molecule has 0 aliphatic heterocycles. The number of anilines is 1. The molecule has 0 radical (unpaired) electrons. The van der Waals surface area contributed by atoms with E-state index in [2.05, 4.69) is 5.32 Å². The minimum atomic E-state index is -0.526. The zero-order valence-electron chi connectivity index (χ0n) is 10.8. The van der Waals surface area contributed by atoms with Crippen molar-refractivity contribution >= 4 is 29.0 Å². The molecule has 3 N–H and O–H groups in total. The number of thiocarbonyl (C=S) groups is 1. The molecule has 0 heterocycles. The number of rotatable bonds is 3. The second-order valence-electron chi connectivity index (χ2n) is 4.93. The Morgan fingerprint density at radius 2 is 2.00 bits per heavy atom. The fraction of sp³-hybridized carbons (Fsp3) is 0.385. The summed E-state index contributed by atoms with van der Waals surface area (Å²) >= 11 is 4.87. The molecule has 0 unspecified atom stereocenters. The van der Waals surface area contributed by atoms with Crippen LogP contribution < -0.4 is 11.1 Å². The Morgan fingerprint density at radius 3 is 2.56 bits per heavy atom. The molecule has 4 nitrogen and oxygen atoms in total. The van der Waals surface area contributed by atoms with Gasteiger partial charge < -0.3 is 10.5 Å². The van der Waals surface area contributed by atoms with Crippen LogP contribution in [0.3, 0.4) is 0 Å². The molecule has 0 atom stereocenters. The van der Waals surface area contributed by atoms with Crippen LogP contribution in [-0.2, 0) is 11.2 Å². The fourth-order valence-corrected chi connectivity index (χ4v) is 1.55. The molecule has 0 saturated carbocycles. The summed E-state index contributed by atoms with van der Waals surface area (Å²) in [6.07, 6.45) is -0.0423. The quantitative estimate of drug-likeness (QED) is 0.826. The zero-order chi connectivity index (χ0) is 13.8. The Morgan fingerprint density at radius 1 is 1.39 bits per heavy atom. The second kappa shape index (κ2) is 5.82. The van der Waals surface area contributed by atoms with Gasteiger partial charge in [0.15, 0.2) is 0 Å². The van der Waals surface area contributed by atoms with Crippen LogP contribution in [0.4, 0.5) is 10.5 Å². The molecule has 0 saturated heterocycles. The summed E-state index contributed by atoms with van der Waals surface area (Å²) in [6, 6.07) is 7.35. The van der Waals surface area contributed by atoms with Crippen LogP contribution in [0, 0.1) is 0 Å². The maximum Gasteiger partial charge on any atom is 0.412 e. The van der Waals surface area contributed by atoms with Crippen LogP contribution in [0.5, 0.6) is 0 Å². The molecule has 0 bridgehead atoms. The Kier molecular flexibility index (Phi) is 4.67. The lowest BCUT2D eigenvalue weighted by molar-refractivity contribution is 0.0636. The molecule has 18 heavy (non-hydrogen) atoms. The van der Waals surface area contributed by atoms with Crippen molar-refractivity contribution < 1.29 is 9.53 Å². The largest absolute Gasteiger partial charge is 0.444 e. The van der Waals surface area contributed by atoms with E-state index in [9.17, 15) is 4.79 Å². The van der Waals surface area contributed by atoms with Gasteiger partial charge >= 0.3 is 6.09 Å². The maximum absolute atomic E-state index is 11.7. The lowest BCUT2D eigenvalue weighted by Gasteiger charge is -2.20. The summed E-state index contributed by atoms with van der Waals surface area (Å²) in [5, 5.41) is 2.70. The molecule has 1 aromatic carbocycles. The van der Waals surface area contributed by atoms with Crippen molar-refractivity contribution in [2.24, 2.45) is 5.73 Å². The smallest absolute Gasteiger partial charge is 0.412 e. The van der Waals surface area contributed by atoms with Gasteiger partial charge in [0, 0.05) is 12.1 Å². The number of hydrogen-bond donors (Lipinski definition) is 2. The van der Waals surface area contributed by atoms with Crippen LogP contribution in [0.15, 0.2) is 24.3 Å². The van der Waals surface area contributed by atoms with Gasteiger partial charge in [-0.3, -0.25) is 5.32 Å². The van der Waals surface area contributed by atoms with Crippen LogP contribution in [0.25, 0.3) is 0 Å². The van der Waals surface area contributed by atoms with Gasteiger partial charge in [-0.05, 0) is 32.4 Å². The third-order valence-electron chi connectivity index (χ3n) is 2.02. The third-order valence-corrected chi connectivity index (χ3v) is 2.16. The molecule has 0 aliphatic carbocycles. The number of amides is 1. The third kappa shape index (κ3) is 5.14. The Balaban J connectivity index is 2.78. The highest BCUT2D eigenvalue weighted by Gasteiger charge is 2.17. The van der Waals surface area contributed by atoms with Crippen LogP contribution in [0.1, 0.15) is 26.3 Å². The lowest BCUT2D eigenvalue weighted by atomic mass is 10.1. The molecule has 0 spiro atoms. The average molecular weight is 266 g/mol. The van der Waals surface area contributed by atoms with Crippen molar-refractivity contribution in [2.45, 2.75) is 32.8 Å². The molecular weight excluding hydrogens is 248 g/mol. The highest BCUT2D eigenvalue weighted by atomic mass is 32.1. The highest BCUT2D eigenvalue weighted by molar-refractivity contribution is 7.80. The van der Waals surface area contributed by atoms with E-state index in [1.807, 2.05) is 39.0 Å². The normalized spacial score (nSPS) is 10.8. The van der Waals surface area contributed by atoms with E-state index in [1.54, 1.807) is 6.07 Å². The average Bonchev–Trinajstić information content (AvgIpc) is 2.17. The van der Waals surface area contributed by atoms with Crippen molar-refractivity contribution in [1.29, 1.82) is 0 Å². The van der Waals surface area contributed by atoms with Crippen molar-refractivity contribution in [2.75, 3.05) is 5.32 Å². The van der Waals surface area contributed by atoms with Crippen LogP contribution in [0.2, 0.25) is 0 Å². The lowest BCUT2D eigenvalue weighted by Crippen LogP contribution is -2.27. The minimum Gasteiger partial charge on any atom is -0.444 e. The van der Waals surface area contributed by atoms with E-state index in [4.69, 9.17) is 22.7 Å². The van der Waals surface area contributed by atoms with Crippen LogP contribution in [-0.4, -0.2) is 16.7 Å². The predicted octanol–water partition coefficient (Wildman–Crippen LogP) is 2.86. The van der Waals surface area contributed by atoms with Crippen molar-refractivity contribution in [3.8, 4) is 0 Å². The number of nitrogens with one attached hydrogen (secondary N) is 1. The van der Waals surface area contributed by atoms with Crippen molar-refractivity contribution in [3.63, 3.8) is 0 Å². The van der Waals surface area contributed by atoms with E-state index in [0.29, 0.717) is 17.1 Å². The molecule has 1 rings (SSSR count). The van der Waals surface area contributed by atoms with Gasteiger partial charge in [0.1, 0.15) is 5.60 Å². The highest BCUT2D eigenvalue weighted by Crippen LogP contribution is 2.17. The first-order chi connectivity index (χ1) is 8.28. The fourth-order valence-electron chi connectivity index (χ4n) is 1.40. The standard InChI is InChI=1S/C13H18N2O2S/c1-13(2,3)17-12(16)15-10-7-5-4-6-9(10)8-11(14)18/h4-7H,8H2,1-3H3,(H2,14,18)(H,15,16). The van der Waals surface area contributed by atoms with E-state index in [0.717, 1.165) is 5.56 Å². The van der Waals surface area contributed by atoms with Gasteiger partial charge in [0.2, 0.25) is 0 Å². The first kappa shape index (κ1) is 14.4. The first-order valence-corrected chi connectivity index (χ1v) is 6.05. The van der Waals surface area contributed by atoms with E-state index >= 15 is 0 Å². The minimum absolute atomic E-state index is 0.383.